The second-order valence-corrected chi connectivity index (χ2v) is 42.7. The van der Waals surface area contributed by atoms with E-state index < -0.39 is 0 Å². The third-order valence-corrected chi connectivity index (χ3v) is 34.7. The second kappa shape index (κ2) is 31.4. The fourth-order valence-electron chi connectivity index (χ4n) is 28.8. The largest absolute Gasteiger partial charge is 0.0719 e. The zero-order valence-electron chi connectivity index (χ0n) is 82.4. The number of hydrogen-bond acceptors (Lipinski definition) is 0. The van der Waals surface area contributed by atoms with Gasteiger partial charge in [0.25, 0.3) is 0 Å². The SMILES string of the molecule is Cc1ccc2c(c1)-c1c(ccc3c(C)cccc13)C21c2ccccc2Cc2c1ccc1ccccc21.Cc1ccc2c(c1)C1(c3cc(C)ccc3-c3c1ccc1ccccc31)c1ccc3ccccc3c1C2.Cc1ccc2c(c1)C1(c3ccccc3Cc3cc4ccccc4cc31)c1cc3cc(C)ccc3cc1-2.Cc1ccc2c(c1)Cc1c(ccc3ccccc13)C21c2ccc(C)cc2-c2c1ccc1ccccc21. The molecule has 32 rings (SSSR count). The zero-order valence-corrected chi connectivity index (χ0v) is 82.4. The Morgan fingerprint density at radius 1 is 0.139 bits per heavy atom. The summed E-state index contributed by atoms with van der Waals surface area (Å²) < 4.78 is 0. The summed E-state index contributed by atoms with van der Waals surface area (Å²) in [5.41, 5.74) is 54.9. The maximum Gasteiger partial charge on any atom is 0.0719 e. The molecule has 0 saturated carbocycles. The van der Waals surface area contributed by atoms with Crippen LogP contribution in [-0.2, 0) is 47.3 Å². The fraction of sp³-hybridized carbons (Fsp3) is 0.111. The predicted molar refractivity (Wildman–Crippen MR) is 604 cm³/mol. The molecule has 0 heterocycles. The molecule has 0 aliphatic heterocycles. The van der Waals surface area contributed by atoms with Crippen LogP contribution in [0.2, 0.25) is 0 Å². The van der Waals surface area contributed by atoms with E-state index in [0.717, 1.165) is 25.7 Å². The van der Waals surface area contributed by atoms with Crippen molar-refractivity contribution in [3.05, 3.63) is 615 Å². The lowest BCUT2D eigenvalue weighted by atomic mass is 9.60. The summed E-state index contributed by atoms with van der Waals surface area (Å²) in [5, 5.41) is 21.4. The average molecular weight is 1830 g/mol. The summed E-state index contributed by atoms with van der Waals surface area (Å²) in [6, 6.07) is 166. The van der Waals surface area contributed by atoms with E-state index in [1.807, 2.05) is 0 Å². The van der Waals surface area contributed by atoms with Crippen LogP contribution in [0.5, 0.6) is 0 Å². The molecule has 0 heteroatoms. The summed E-state index contributed by atoms with van der Waals surface area (Å²) in [5.74, 6) is 0. The molecular weight excluding hydrogens is 1730 g/mol. The van der Waals surface area contributed by atoms with E-state index >= 15 is 0 Å². The summed E-state index contributed by atoms with van der Waals surface area (Å²) >= 11 is 0. The number of hydrogen-bond donors (Lipinski definition) is 0. The Kier molecular flexibility index (Phi) is 18.4. The Balaban J connectivity index is 0.0000000913. The maximum atomic E-state index is 2.49. The standard InChI is InChI=1S/4C36H26/c1-22-14-17-33-30(20-22)35-28-12-7-8-23(2)26(28)16-19-34(35)36(33)31-13-6-4-10-25(31)21-29-27-11-5-3-9-24(27)15-18-32(29)36;1-22-11-15-31-26(19-22)21-29-27-9-5-3-7-24(27)13-17-32(29)36(31)33-16-12-23(2)20-30(33)35-28-10-6-4-8-25(28)14-18-34(35)36;1-22-11-13-26-21-30-27-9-5-3-7-24(27)14-17-31(30)36(33(26)19-22)32-18-15-25-8-4-6-10-28(25)35(32)29-16-12-23(2)20-34(29)36;1-22-11-13-26-19-31-30-14-12-23(2)16-34(30)36(35(31)21-28(26)15-22)32-10-6-5-9-27(32)18-29-17-24-7-3-4-8-25(24)20-33(29)36/h3*3-20H,21H2,1-2H3;3-17,19-21H,18H2,1-2H3. The first-order chi connectivity index (χ1) is 70.6. The highest BCUT2D eigenvalue weighted by Crippen LogP contribution is 2.68. The molecule has 144 heavy (non-hydrogen) atoms. The van der Waals surface area contributed by atoms with E-state index in [2.05, 4.69) is 492 Å². The van der Waals surface area contributed by atoms with Crippen LogP contribution >= 0.6 is 0 Å². The first-order valence-corrected chi connectivity index (χ1v) is 51.6. The van der Waals surface area contributed by atoms with Gasteiger partial charge in [-0.3, -0.25) is 0 Å². The van der Waals surface area contributed by atoms with E-state index in [9.17, 15) is 0 Å². The Bertz CT molecular complexity index is 9780. The highest BCUT2D eigenvalue weighted by Gasteiger charge is 2.56. The molecule has 4 atom stereocenters. The van der Waals surface area contributed by atoms with Crippen molar-refractivity contribution in [1.82, 2.24) is 0 Å². The van der Waals surface area contributed by atoms with Gasteiger partial charge in [0.05, 0.1) is 21.7 Å². The molecule has 24 aromatic rings. The van der Waals surface area contributed by atoms with Crippen LogP contribution in [0, 0.1) is 55.4 Å². The van der Waals surface area contributed by atoms with Gasteiger partial charge in [-0.15, -0.1) is 0 Å². The monoisotopic (exact) mass is 1830 g/mol. The summed E-state index contributed by atoms with van der Waals surface area (Å²) in [6.45, 7) is 17.8. The van der Waals surface area contributed by atoms with Gasteiger partial charge >= 0.3 is 0 Å². The first-order valence-electron chi connectivity index (χ1n) is 51.6. The number of aryl methyl sites for hydroxylation is 8. The van der Waals surface area contributed by atoms with Crippen molar-refractivity contribution < 1.29 is 0 Å². The Morgan fingerprint density at radius 2 is 0.458 bits per heavy atom. The van der Waals surface area contributed by atoms with Crippen molar-refractivity contribution in [3.63, 3.8) is 0 Å². The first kappa shape index (κ1) is 84.3. The molecule has 4 unspecified atom stereocenters. The molecule has 680 valence electrons. The van der Waals surface area contributed by atoms with Gasteiger partial charge in [0.2, 0.25) is 0 Å². The molecule has 0 aromatic heterocycles. The van der Waals surface area contributed by atoms with Crippen LogP contribution in [-0.4, -0.2) is 0 Å². The van der Waals surface area contributed by atoms with E-state index in [0.29, 0.717) is 0 Å². The molecule has 8 aliphatic carbocycles. The van der Waals surface area contributed by atoms with Crippen molar-refractivity contribution in [2.24, 2.45) is 0 Å². The second-order valence-electron chi connectivity index (χ2n) is 42.7. The van der Waals surface area contributed by atoms with Crippen molar-refractivity contribution in [2.45, 2.75) is 103 Å². The van der Waals surface area contributed by atoms with Gasteiger partial charge in [-0.05, 0) is 369 Å². The van der Waals surface area contributed by atoms with Gasteiger partial charge < -0.3 is 0 Å². The van der Waals surface area contributed by atoms with Crippen molar-refractivity contribution >= 4 is 86.2 Å². The molecule has 0 N–H and O–H groups in total. The van der Waals surface area contributed by atoms with Crippen LogP contribution in [0.1, 0.15) is 178 Å². The van der Waals surface area contributed by atoms with Crippen molar-refractivity contribution in [2.75, 3.05) is 0 Å². The number of fused-ring (bicyclic) bond motifs is 50. The van der Waals surface area contributed by atoms with E-state index in [1.54, 1.807) is 0 Å². The fourth-order valence-corrected chi connectivity index (χ4v) is 28.8. The highest BCUT2D eigenvalue weighted by atomic mass is 14.6. The topological polar surface area (TPSA) is 0 Å². The van der Waals surface area contributed by atoms with Crippen LogP contribution in [0.4, 0.5) is 0 Å². The summed E-state index contributed by atoms with van der Waals surface area (Å²) in [6.07, 6.45) is 3.89. The third kappa shape index (κ3) is 11.7. The minimum Gasteiger partial charge on any atom is -0.0620 e. The average Bonchev–Trinajstić information content (AvgIpc) is 1.50. The van der Waals surface area contributed by atoms with Gasteiger partial charge in [0, 0.05) is 0 Å². The quantitative estimate of drug-likeness (QED) is 0.142. The normalized spacial score (nSPS) is 17.2. The van der Waals surface area contributed by atoms with Gasteiger partial charge in [-0.25, -0.2) is 0 Å². The predicted octanol–water partition coefficient (Wildman–Crippen LogP) is 35.5. The Hall–Kier alpha value is -16.6. The summed E-state index contributed by atoms with van der Waals surface area (Å²) in [7, 11) is 0. The molecular formula is C144H104. The summed E-state index contributed by atoms with van der Waals surface area (Å²) in [4.78, 5) is 0. The molecule has 0 radical (unpaired) electrons. The van der Waals surface area contributed by atoms with Crippen LogP contribution < -0.4 is 0 Å². The van der Waals surface area contributed by atoms with Gasteiger partial charge in [-0.1, -0.05) is 458 Å². The zero-order chi connectivity index (χ0) is 96.1. The molecule has 0 bridgehead atoms. The van der Waals surface area contributed by atoms with Crippen LogP contribution in [0.15, 0.2) is 437 Å². The Morgan fingerprint density at radius 3 is 1.02 bits per heavy atom. The van der Waals surface area contributed by atoms with Gasteiger partial charge in [-0.2, -0.15) is 0 Å². The third-order valence-electron chi connectivity index (χ3n) is 34.7. The number of rotatable bonds is 0. The molecule has 0 fully saturated rings. The lowest BCUT2D eigenvalue weighted by Gasteiger charge is -2.41. The lowest BCUT2D eigenvalue weighted by molar-refractivity contribution is 0.724. The molecule has 0 saturated heterocycles. The molecule has 8 aliphatic rings. The molecule has 0 nitrogen and oxygen atoms in total. The van der Waals surface area contributed by atoms with Gasteiger partial charge in [0.15, 0.2) is 0 Å². The minimum absolute atomic E-state index is 0.315. The van der Waals surface area contributed by atoms with E-state index in [4.69, 9.17) is 0 Å². The Labute approximate surface area is 842 Å². The van der Waals surface area contributed by atoms with E-state index in [1.165, 1.54) is 309 Å². The van der Waals surface area contributed by atoms with Crippen molar-refractivity contribution in [3.8, 4) is 44.5 Å². The van der Waals surface area contributed by atoms with E-state index in [-0.39, 0.29) is 21.7 Å². The maximum absolute atomic E-state index is 2.49. The molecule has 0 amide bonds. The number of benzene rings is 24. The highest BCUT2D eigenvalue weighted by molar-refractivity contribution is 6.10. The lowest BCUT2D eigenvalue weighted by Crippen LogP contribution is -2.34. The van der Waals surface area contributed by atoms with Crippen LogP contribution in [0.3, 0.4) is 0 Å². The van der Waals surface area contributed by atoms with Crippen molar-refractivity contribution in [1.29, 1.82) is 0 Å². The van der Waals surface area contributed by atoms with Crippen LogP contribution in [0.25, 0.3) is 131 Å². The molecule has 4 spiro atoms. The molecule has 24 aromatic carbocycles. The smallest absolute Gasteiger partial charge is 0.0620 e. The minimum atomic E-state index is -0.320. The van der Waals surface area contributed by atoms with Gasteiger partial charge in [0.1, 0.15) is 0 Å².